The Morgan fingerprint density at radius 1 is 0.437 bits per heavy atom. The molecule has 2 unspecified atom stereocenters. The zero-order chi connectivity index (χ0) is 51.9. The molecule has 0 N–H and O–H groups in total. The Bertz CT molecular complexity index is 1500. The largest absolute Gasteiger partial charge is 0.756 e. The summed E-state index contributed by atoms with van der Waals surface area (Å²) < 4.78 is 34.9. The number of likely N-dealkylation sites (N-methyl/N-ethyl adjacent to an activating group) is 1. The summed E-state index contributed by atoms with van der Waals surface area (Å²) in [4.78, 5) is 25.3. The van der Waals surface area contributed by atoms with Crippen molar-refractivity contribution in [1.29, 1.82) is 0 Å². The van der Waals surface area contributed by atoms with E-state index in [-0.39, 0.29) is 25.8 Å². The summed E-state index contributed by atoms with van der Waals surface area (Å²) in [5, 5.41) is 0. The van der Waals surface area contributed by atoms with Crippen molar-refractivity contribution in [3.8, 4) is 0 Å². The van der Waals surface area contributed by atoms with Crippen LogP contribution in [0.4, 0.5) is 0 Å². The van der Waals surface area contributed by atoms with Crippen LogP contribution in [0.5, 0.6) is 0 Å². The van der Waals surface area contributed by atoms with Crippen molar-refractivity contribution in [1.82, 2.24) is 0 Å². The molecule has 0 bridgehead atoms. The van der Waals surface area contributed by atoms with Gasteiger partial charge in [0.05, 0.1) is 34.4 Å². The normalized spacial score (nSPS) is 14.3. The standard InChI is InChI=1S/C62H108NO7P/c1-6-8-10-12-14-16-18-20-22-24-26-28-30-32-33-35-37-39-41-43-45-47-49-51-53-55-62(64)70-61(60-69-71(65,66)68-58-56-63(3,4)5)59-67-57-54-52-50-48-46-44-42-40-38-36-34-31-29-27-25-23-21-19-17-15-13-11-9-7-2/h8-11,14-17,20-23,26-29,34,36,61H,6-7,12-13,18-19,24-25,30-33,35,37-60H2,1-5H3/b10-8-,11-9-,16-14-,17-15-,22-20-,23-21-,28-26-,29-27-,36-34-. The van der Waals surface area contributed by atoms with Crippen molar-refractivity contribution < 1.29 is 37.3 Å². The lowest BCUT2D eigenvalue weighted by molar-refractivity contribution is -0.870. The Hall–Kier alpha value is -2.84. The van der Waals surface area contributed by atoms with E-state index in [0.717, 1.165) is 103 Å². The molecule has 408 valence electrons. The van der Waals surface area contributed by atoms with E-state index in [4.69, 9.17) is 18.5 Å². The van der Waals surface area contributed by atoms with Crippen molar-refractivity contribution in [3.63, 3.8) is 0 Å². The van der Waals surface area contributed by atoms with Gasteiger partial charge in [-0.05, 0) is 96.3 Å². The van der Waals surface area contributed by atoms with Crippen molar-refractivity contribution in [3.05, 3.63) is 109 Å². The van der Waals surface area contributed by atoms with Crippen LogP contribution < -0.4 is 4.89 Å². The van der Waals surface area contributed by atoms with E-state index in [1.807, 2.05) is 21.1 Å². The van der Waals surface area contributed by atoms with E-state index >= 15 is 0 Å². The van der Waals surface area contributed by atoms with Crippen LogP contribution in [0.3, 0.4) is 0 Å². The molecular weight excluding hydrogens is 902 g/mol. The molecule has 9 heteroatoms. The van der Waals surface area contributed by atoms with Crippen LogP contribution in [-0.4, -0.2) is 70.7 Å². The number of carbonyl (C=O) groups excluding carboxylic acids is 1. The summed E-state index contributed by atoms with van der Waals surface area (Å²) in [5.74, 6) is -0.342. The molecule has 0 aliphatic heterocycles. The molecule has 0 rings (SSSR count). The van der Waals surface area contributed by atoms with Gasteiger partial charge in [0.2, 0.25) is 0 Å². The van der Waals surface area contributed by atoms with Gasteiger partial charge in [-0.15, -0.1) is 0 Å². The lowest BCUT2D eigenvalue weighted by atomic mass is 10.0. The molecule has 71 heavy (non-hydrogen) atoms. The number of rotatable bonds is 52. The highest BCUT2D eigenvalue weighted by molar-refractivity contribution is 7.45. The zero-order valence-electron chi connectivity index (χ0n) is 46.4. The fourth-order valence-corrected chi connectivity index (χ4v) is 8.23. The van der Waals surface area contributed by atoms with Gasteiger partial charge in [0.25, 0.3) is 7.82 Å². The molecule has 0 aromatic rings. The highest BCUT2D eigenvalue weighted by Crippen LogP contribution is 2.38. The topological polar surface area (TPSA) is 94.1 Å². The minimum absolute atomic E-state index is 0.0184. The van der Waals surface area contributed by atoms with Gasteiger partial charge in [-0.3, -0.25) is 9.36 Å². The van der Waals surface area contributed by atoms with E-state index in [1.54, 1.807) is 0 Å². The molecule has 0 fully saturated rings. The maximum atomic E-state index is 12.8. The number of carbonyl (C=O) groups is 1. The first kappa shape index (κ1) is 68.2. The second-order valence-electron chi connectivity index (χ2n) is 19.9. The van der Waals surface area contributed by atoms with E-state index in [0.29, 0.717) is 24.1 Å². The molecule has 0 spiro atoms. The Labute approximate surface area is 438 Å². The van der Waals surface area contributed by atoms with Crippen molar-refractivity contribution >= 4 is 13.8 Å². The highest BCUT2D eigenvalue weighted by Gasteiger charge is 2.20. The highest BCUT2D eigenvalue weighted by atomic mass is 31.2. The smallest absolute Gasteiger partial charge is 0.306 e. The lowest BCUT2D eigenvalue weighted by Crippen LogP contribution is -2.37. The van der Waals surface area contributed by atoms with Crippen molar-refractivity contribution in [2.24, 2.45) is 0 Å². The molecule has 8 nitrogen and oxygen atoms in total. The van der Waals surface area contributed by atoms with Gasteiger partial charge in [0, 0.05) is 13.0 Å². The van der Waals surface area contributed by atoms with E-state index < -0.39 is 13.9 Å². The molecule has 0 saturated carbocycles. The lowest BCUT2D eigenvalue weighted by Gasteiger charge is -2.28. The van der Waals surface area contributed by atoms with Crippen LogP contribution in [0.1, 0.15) is 219 Å². The van der Waals surface area contributed by atoms with Crippen molar-refractivity contribution in [2.75, 3.05) is 54.1 Å². The number of nitrogens with zero attached hydrogens (tertiary/aromatic N) is 1. The van der Waals surface area contributed by atoms with Gasteiger partial charge >= 0.3 is 5.97 Å². The van der Waals surface area contributed by atoms with Gasteiger partial charge in [-0.1, -0.05) is 226 Å². The Morgan fingerprint density at radius 2 is 0.775 bits per heavy atom. The van der Waals surface area contributed by atoms with Crippen LogP contribution in [0.15, 0.2) is 109 Å². The number of allylic oxidation sites excluding steroid dienone is 18. The first-order valence-electron chi connectivity index (χ1n) is 28.6. The maximum Gasteiger partial charge on any atom is 0.306 e. The number of ether oxygens (including phenoxy) is 2. The Morgan fingerprint density at radius 3 is 1.15 bits per heavy atom. The van der Waals surface area contributed by atoms with E-state index in [2.05, 4.69) is 123 Å². The third-order valence-corrected chi connectivity index (χ3v) is 12.8. The van der Waals surface area contributed by atoms with Crippen molar-refractivity contribution in [2.45, 2.75) is 225 Å². The Balaban J connectivity index is 4.13. The van der Waals surface area contributed by atoms with Crippen LogP contribution in [0.2, 0.25) is 0 Å². The molecule has 0 heterocycles. The predicted octanol–water partition coefficient (Wildman–Crippen LogP) is 17.7. The van der Waals surface area contributed by atoms with Crippen LogP contribution in [0, 0.1) is 0 Å². The number of phosphoric acid groups is 1. The number of phosphoric ester groups is 1. The first-order chi connectivity index (χ1) is 34.6. The minimum Gasteiger partial charge on any atom is -0.756 e. The van der Waals surface area contributed by atoms with Gasteiger partial charge < -0.3 is 27.9 Å². The molecule has 0 radical (unpaired) electrons. The molecule has 0 saturated heterocycles. The fourth-order valence-electron chi connectivity index (χ4n) is 7.51. The van der Waals surface area contributed by atoms with Gasteiger partial charge in [0.15, 0.2) is 0 Å². The van der Waals surface area contributed by atoms with E-state index in [9.17, 15) is 14.3 Å². The molecule has 0 aliphatic rings. The summed E-state index contributed by atoms with van der Waals surface area (Å²) >= 11 is 0. The SMILES string of the molecule is CC/C=C\C/C=C\C/C=C\C/C=C\C/C=C\CCCCCCCCCCOCC(COP(=O)([O-])OCC[N+](C)(C)C)OC(=O)CCCCCCCCCCCCCC/C=C\C/C=C\C/C=C\C/C=C\CC. The fraction of sp³-hybridized carbons (Fsp3) is 0.694. The summed E-state index contributed by atoms with van der Waals surface area (Å²) in [6.07, 6.45) is 75.5. The summed E-state index contributed by atoms with van der Waals surface area (Å²) in [5.41, 5.74) is 0. The summed E-state index contributed by atoms with van der Waals surface area (Å²) in [7, 11) is 1.34. The molecule has 0 aromatic carbocycles. The summed E-state index contributed by atoms with van der Waals surface area (Å²) in [6.45, 7) is 5.16. The quantitative estimate of drug-likeness (QED) is 0.0197. The molecule has 0 aliphatic carbocycles. The summed E-state index contributed by atoms with van der Waals surface area (Å²) in [6, 6.07) is 0. The number of unbranched alkanes of at least 4 members (excludes halogenated alkanes) is 20. The monoisotopic (exact) mass is 1010 g/mol. The number of esters is 1. The molecule has 0 amide bonds. The Kier molecular flexibility index (Phi) is 51.3. The number of hydrogen-bond acceptors (Lipinski definition) is 7. The van der Waals surface area contributed by atoms with Crippen LogP contribution in [-0.2, 0) is 27.9 Å². The number of hydrogen-bond donors (Lipinski definition) is 0. The third kappa shape index (κ3) is 57.9. The second-order valence-corrected chi connectivity index (χ2v) is 21.3. The first-order valence-corrected chi connectivity index (χ1v) is 30.1. The average Bonchev–Trinajstić information content (AvgIpc) is 3.33. The van der Waals surface area contributed by atoms with Gasteiger partial charge in [0.1, 0.15) is 19.3 Å². The minimum atomic E-state index is -4.55. The average molecular weight is 1010 g/mol. The predicted molar refractivity (Wildman–Crippen MR) is 304 cm³/mol. The molecular formula is C62H108NO7P. The number of quaternary nitrogens is 1. The maximum absolute atomic E-state index is 12.8. The van der Waals surface area contributed by atoms with Crippen LogP contribution >= 0.6 is 7.82 Å². The van der Waals surface area contributed by atoms with Gasteiger partial charge in [-0.25, -0.2) is 0 Å². The third-order valence-electron chi connectivity index (χ3n) is 11.8. The van der Waals surface area contributed by atoms with E-state index in [1.165, 1.54) is 96.3 Å². The molecule has 0 aromatic heterocycles. The second kappa shape index (κ2) is 53.5. The van der Waals surface area contributed by atoms with Crippen LogP contribution in [0.25, 0.3) is 0 Å². The van der Waals surface area contributed by atoms with Gasteiger partial charge in [-0.2, -0.15) is 0 Å². The molecule has 2 atom stereocenters. The zero-order valence-corrected chi connectivity index (χ0v) is 47.3.